The zero-order chi connectivity index (χ0) is 19.6. The number of rotatable bonds is 5. The SMILES string of the molecule is COc1cc(N)c(C(N)=Nc2ccc(F)c(Cl)c2)cc1OC1CCN(C)C1. The van der Waals surface area contributed by atoms with Crippen LogP contribution in [-0.4, -0.2) is 44.1 Å². The normalized spacial score (nSPS) is 17.9. The molecule has 1 heterocycles. The third kappa shape index (κ3) is 4.43. The molecule has 3 rings (SSSR count). The van der Waals surface area contributed by atoms with E-state index in [1.54, 1.807) is 19.2 Å². The number of aliphatic imine (C=N–C) groups is 1. The van der Waals surface area contributed by atoms with Crippen molar-refractivity contribution in [3.05, 3.63) is 46.7 Å². The predicted molar refractivity (Wildman–Crippen MR) is 106 cm³/mol. The molecule has 0 aliphatic carbocycles. The zero-order valence-corrected chi connectivity index (χ0v) is 16.0. The fourth-order valence-electron chi connectivity index (χ4n) is 2.97. The lowest BCUT2D eigenvalue weighted by molar-refractivity contribution is 0.199. The minimum absolute atomic E-state index is 0.0267. The molecule has 0 spiro atoms. The van der Waals surface area contributed by atoms with E-state index in [1.165, 1.54) is 18.2 Å². The molecule has 0 aromatic heterocycles. The summed E-state index contributed by atoms with van der Waals surface area (Å²) < 4.78 is 24.8. The molecule has 27 heavy (non-hydrogen) atoms. The maximum atomic E-state index is 13.3. The fourth-order valence-corrected chi connectivity index (χ4v) is 3.15. The van der Waals surface area contributed by atoms with Crippen LogP contribution < -0.4 is 20.9 Å². The first-order valence-electron chi connectivity index (χ1n) is 8.49. The van der Waals surface area contributed by atoms with E-state index in [0.29, 0.717) is 28.4 Å². The van der Waals surface area contributed by atoms with E-state index in [0.717, 1.165) is 19.5 Å². The Morgan fingerprint density at radius 3 is 2.70 bits per heavy atom. The highest BCUT2D eigenvalue weighted by Gasteiger charge is 2.23. The van der Waals surface area contributed by atoms with E-state index in [9.17, 15) is 4.39 Å². The number of ether oxygens (including phenoxy) is 2. The van der Waals surface area contributed by atoms with E-state index in [1.807, 2.05) is 7.05 Å². The Balaban J connectivity index is 1.92. The van der Waals surface area contributed by atoms with Crippen LogP contribution in [0.5, 0.6) is 11.5 Å². The molecule has 1 atom stereocenters. The van der Waals surface area contributed by atoms with Crippen molar-refractivity contribution in [1.82, 2.24) is 4.90 Å². The topological polar surface area (TPSA) is 86.1 Å². The molecular formula is C19H22ClFN4O2. The van der Waals surface area contributed by atoms with E-state index in [4.69, 9.17) is 32.5 Å². The third-order valence-electron chi connectivity index (χ3n) is 4.41. The molecule has 8 heteroatoms. The Bertz CT molecular complexity index is 875. The van der Waals surface area contributed by atoms with Crippen molar-refractivity contribution < 1.29 is 13.9 Å². The van der Waals surface area contributed by atoms with Gasteiger partial charge in [0.1, 0.15) is 17.8 Å². The van der Waals surface area contributed by atoms with Crippen LogP contribution in [0.25, 0.3) is 0 Å². The van der Waals surface area contributed by atoms with Crippen LogP contribution in [-0.2, 0) is 0 Å². The van der Waals surface area contributed by atoms with Crippen molar-refractivity contribution in [2.45, 2.75) is 12.5 Å². The second-order valence-electron chi connectivity index (χ2n) is 6.48. The third-order valence-corrected chi connectivity index (χ3v) is 4.70. The van der Waals surface area contributed by atoms with Crippen molar-refractivity contribution in [2.75, 3.05) is 33.0 Å². The number of likely N-dealkylation sites (N-methyl/N-ethyl adjacent to an activating group) is 1. The molecule has 4 N–H and O–H groups in total. The molecule has 2 aromatic rings. The number of halogens is 2. The summed E-state index contributed by atoms with van der Waals surface area (Å²) >= 11 is 5.80. The number of amidine groups is 1. The molecule has 0 radical (unpaired) electrons. The van der Waals surface area contributed by atoms with Crippen molar-refractivity contribution in [3.8, 4) is 11.5 Å². The summed E-state index contributed by atoms with van der Waals surface area (Å²) in [5.41, 5.74) is 13.6. The van der Waals surface area contributed by atoms with Gasteiger partial charge in [-0.25, -0.2) is 9.38 Å². The Kier molecular flexibility index (Phi) is 5.72. The van der Waals surface area contributed by atoms with Crippen LogP contribution in [0.2, 0.25) is 5.02 Å². The Morgan fingerprint density at radius 2 is 2.07 bits per heavy atom. The lowest BCUT2D eigenvalue weighted by Gasteiger charge is -2.18. The van der Waals surface area contributed by atoms with Crippen LogP contribution in [0.15, 0.2) is 35.3 Å². The molecule has 1 fully saturated rings. The maximum Gasteiger partial charge on any atom is 0.162 e. The molecule has 0 saturated carbocycles. The Hall–Kier alpha value is -2.51. The van der Waals surface area contributed by atoms with E-state index in [-0.39, 0.29) is 17.0 Å². The number of hydrogen-bond donors (Lipinski definition) is 2. The Labute approximate surface area is 162 Å². The van der Waals surface area contributed by atoms with Gasteiger partial charge >= 0.3 is 0 Å². The van der Waals surface area contributed by atoms with Crippen molar-refractivity contribution in [3.63, 3.8) is 0 Å². The van der Waals surface area contributed by atoms with E-state index in [2.05, 4.69) is 9.89 Å². The molecular weight excluding hydrogens is 371 g/mol. The zero-order valence-electron chi connectivity index (χ0n) is 15.2. The highest BCUT2D eigenvalue weighted by atomic mass is 35.5. The summed E-state index contributed by atoms with van der Waals surface area (Å²) in [7, 11) is 3.60. The number of hydrogen-bond acceptors (Lipinski definition) is 5. The molecule has 1 aliphatic rings. The molecule has 144 valence electrons. The van der Waals surface area contributed by atoms with Gasteiger partial charge in [-0.1, -0.05) is 11.6 Å². The molecule has 2 aromatic carbocycles. The van der Waals surface area contributed by atoms with Gasteiger partial charge in [0.15, 0.2) is 11.5 Å². The van der Waals surface area contributed by atoms with Gasteiger partial charge in [0.2, 0.25) is 0 Å². The second-order valence-corrected chi connectivity index (χ2v) is 6.88. The smallest absolute Gasteiger partial charge is 0.162 e. The average Bonchev–Trinajstić information content (AvgIpc) is 3.04. The molecule has 1 unspecified atom stereocenters. The first-order chi connectivity index (χ1) is 12.9. The molecule has 0 amide bonds. The van der Waals surface area contributed by atoms with Gasteiger partial charge in [-0.2, -0.15) is 0 Å². The van der Waals surface area contributed by atoms with Gasteiger partial charge < -0.3 is 25.8 Å². The van der Waals surface area contributed by atoms with Gasteiger partial charge in [0.05, 0.1) is 17.8 Å². The van der Waals surface area contributed by atoms with Gasteiger partial charge in [0.25, 0.3) is 0 Å². The number of benzene rings is 2. The maximum absolute atomic E-state index is 13.3. The van der Waals surface area contributed by atoms with Gasteiger partial charge in [0, 0.05) is 30.4 Å². The van der Waals surface area contributed by atoms with Crippen LogP contribution >= 0.6 is 11.6 Å². The van der Waals surface area contributed by atoms with Crippen LogP contribution in [0.1, 0.15) is 12.0 Å². The van der Waals surface area contributed by atoms with Crippen molar-refractivity contribution >= 4 is 28.8 Å². The van der Waals surface area contributed by atoms with Crippen molar-refractivity contribution in [1.29, 1.82) is 0 Å². The van der Waals surface area contributed by atoms with Gasteiger partial charge in [-0.3, -0.25) is 0 Å². The molecule has 1 saturated heterocycles. The molecule has 1 aliphatic heterocycles. The first-order valence-corrected chi connectivity index (χ1v) is 8.87. The van der Waals surface area contributed by atoms with Crippen LogP contribution in [0.3, 0.4) is 0 Å². The Morgan fingerprint density at radius 1 is 1.30 bits per heavy atom. The standard InChI is InChI=1S/C19H22ClFN4O2/c1-25-6-5-12(10-25)27-18-8-13(16(22)9-17(18)26-2)19(23)24-11-3-4-15(21)14(20)7-11/h3-4,7-9,12H,5-6,10,22H2,1-2H3,(H2,23,24). The number of nitrogen functional groups attached to an aromatic ring is 1. The highest BCUT2D eigenvalue weighted by molar-refractivity contribution is 6.31. The summed E-state index contributed by atoms with van der Waals surface area (Å²) in [5, 5.41) is -0.0267. The van der Waals surface area contributed by atoms with Gasteiger partial charge in [-0.15, -0.1) is 0 Å². The fraction of sp³-hybridized carbons (Fsp3) is 0.316. The minimum Gasteiger partial charge on any atom is -0.493 e. The van der Waals surface area contributed by atoms with Crippen molar-refractivity contribution in [2.24, 2.45) is 10.7 Å². The van der Waals surface area contributed by atoms with E-state index < -0.39 is 5.82 Å². The lowest BCUT2D eigenvalue weighted by Crippen LogP contribution is -2.22. The number of nitrogens with two attached hydrogens (primary N) is 2. The number of likely N-dealkylation sites (tertiary alicyclic amines) is 1. The monoisotopic (exact) mass is 392 g/mol. The van der Waals surface area contributed by atoms with E-state index >= 15 is 0 Å². The second kappa shape index (κ2) is 8.02. The molecule has 6 nitrogen and oxygen atoms in total. The molecule has 0 bridgehead atoms. The minimum atomic E-state index is -0.518. The summed E-state index contributed by atoms with van der Waals surface area (Å²) in [4.78, 5) is 6.49. The van der Waals surface area contributed by atoms with Gasteiger partial charge in [-0.05, 0) is 37.7 Å². The number of nitrogens with zero attached hydrogens (tertiary/aromatic N) is 2. The summed E-state index contributed by atoms with van der Waals surface area (Å²) in [5.74, 6) is 0.738. The largest absolute Gasteiger partial charge is 0.493 e. The highest BCUT2D eigenvalue weighted by Crippen LogP contribution is 2.34. The summed E-state index contributed by atoms with van der Waals surface area (Å²) in [6, 6.07) is 7.49. The number of anilines is 1. The summed E-state index contributed by atoms with van der Waals surface area (Å²) in [6.07, 6.45) is 0.992. The first kappa shape index (κ1) is 19.3. The van der Waals surface area contributed by atoms with Crippen LogP contribution in [0, 0.1) is 5.82 Å². The quantitative estimate of drug-likeness (QED) is 0.463. The number of methoxy groups -OCH3 is 1. The average molecular weight is 393 g/mol. The van der Waals surface area contributed by atoms with Crippen LogP contribution in [0.4, 0.5) is 15.8 Å². The summed E-state index contributed by atoms with van der Waals surface area (Å²) in [6.45, 7) is 1.81. The predicted octanol–water partition coefficient (Wildman–Crippen LogP) is 3.19. The lowest BCUT2D eigenvalue weighted by atomic mass is 10.1.